The molecule has 3 nitrogen and oxygen atoms in total. The molecular formula is C21H20O3. The quantitative estimate of drug-likeness (QED) is 0.289. The highest BCUT2D eigenvalue weighted by Gasteiger charge is 2.08. The van der Waals surface area contributed by atoms with Gasteiger partial charge in [0.1, 0.15) is 6.61 Å². The molecule has 0 saturated carbocycles. The van der Waals surface area contributed by atoms with Crippen LogP contribution in [-0.2, 0) is 20.9 Å². The van der Waals surface area contributed by atoms with Crippen molar-refractivity contribution in [2.24, 2.45) is 0 Å². The van der Waals surface area contributed by atoms with Crippen LogP contribution in [0.2, 0.25) is 0 Å². The maximum absolute atomic E-state index is 11.0. The van der Waals surface area contributed by atoms with Gasteiger partial charge in [0.15, 0.2) is 0 Å². The smallest absolute Gasteiger partial charge is 0.330 e. The average Bonchev–Trinajstić information content (AvgIpc) is 2.60. The van der Waals surface area contributed by atoms with Gasteiger partial charge < -0.3 is 9.47 Å². The first-order chi connectivity index (χ1) is 11.7. The van der Waals surface area contributed by atoms with E-state index in [1.165, 1.54) is 32.7 Å². The van der Waals surface area contributed by atoms with Crippen molar-refractivity contribution in [3.05, 3.63) is 72.3 Å². The second-order valence-corrected chi connectivity index (χ2v) is 5.73. The van der Waals surface area contributed by atoms with Crippen molar-refractivity contribution in [2.75, 3.05) is 13.2 Å². The van der Waals surface area contributed by atoms with E-state index in [-0.39, 0.29) is 6.61 Å². The minimum atomic E-state index is -0.426. The number of aryl methyl sites for hydroxylation is 1. The van der Waals surface area contributed by atoms with Crippen molar-refractivity contribution >= 4 is 27.5 Å². The Morgan fingerprint density at radius 3 is 2.67 bits per heavy atom. The third kappa shape index (κ3) is 3.47. The van der Waals surface area contributed by atoms with Gasteiger partial charge >= 0.3 is 5.97 Å². The average molecular weight is 320 g/mol. The topological polar surface area (TPSA) is 35.5 Å². The SMILES string of the molecule is C=CC(=O)OCCOCc1c2ccccc2cc2ccc(C)cc12. The number of ether oxygens (including phenoxy) is 2. The van der Waals surface area contributed by atoms with Crippen molar-refractivity contribution in [3.63, 3.8) is 0 Å². The molecule has 3 aromatic carbocycles. The lowest BCUT2D eigenvalue weighted by Gasteiger charge is -2.13. The van der Waals surface area contributed by atoms with Crippen LogP contribution >= 0.6 is 0 Å². The van der Waals surface area contributed by atoms with E-state index in [1.54, 1.807) is 0 Å². The van der Waals surface area contributed by atoms with Gasteiger partial charge in [-0.15, -0.1) is 0 Å². The van der Waals surface area contributed by atoms with Crippen molar-refractivity contribution in [2.45, 2.75) is 13.5 Å². The Labute approximate surface area is 141 Å². The van der Waals surface area contributed by atoms with Crippen molar-refractivity contribution < 1.29 is 14.3 Å². The molecule has 3 heteroatoms. The first kappa shape index (κ1) is 16.2. The Bertz CT molecular complexity index is 896. The number of rotatable bonds is 6. The fourth-order valence-electron chi connectivity index (χ4n) is 2.86. The molecule has 0 N–H and O–H groups in total. The van der Waals surface area contributed by atoms with E-state index in [4.69, 9.17) is 9.47 Å². The lowest BCUT2D eigenvalue weighted by molar-refractivity contribution is -0.139. The number of carbonyl (C=O) groups is 1. The Morgan fingerprint density at radius 2 is 1.83 bits per heavy atom. The highest BCUT2D eigenvalue weighted by molar-refractivity contribution is 6.02. The van der Waals surface area contributed by atoms with Crippen LogP contribution in [0.15, 0.2) is 61.2 Å². The normalized spacial score (nSPS) is 10.9. The maximum atomic E-state index is 11.0. The van der Waals surface area contributed by atoms with Crippen LogP contribution in [0.5, 0.6) is 0 Å². The fraction of sp³-hybridized carbons (Fsp3) is 0.190. The van der Waals surface area contributed by atoms with Crippen LogP contribution < -0.4 is 0 Å². The summed E-state index contributed by atoms with van der Waals surface area (Å²) >= 11 is 0. The summed E-state index contributed by atoms with van der Waals surface area (Å²) in [6.07, 6.45) is 1.15. The standard InChI is InChI=1S/C21H20O3/c1-3-21(22)24-11-10-23-14-20-18-7-5-4-6-16(18)13-17-9-8-15(2)12-19(17)20/h3-9,12-13H,1,10-11,14H2,2H3. The first-order valence-electron chi connectivity index (χ1n) is 7.97. The molecule has 0 aliphatic heterocycles. The minimum absolute atomic E-state index is 0.229. The molecule has 3 aromatic rings. The summed E-state index contributed by atoms with van der Waals surface area (Å²) in [7, 11) is 0. The van der Waals surface area contributed by atoms with Gasteiger partial charge in [-0.25, -0.2) is 4.79 Å². The van der Waals surface area contributed by atoms with E-state index in [0.29, 0.717) is 13.2 Å². The molecular weight excluding hydrogens is 300 g/mol. The van der Waals surface area contributed by atoms with Gasteiger partial charge in [0.05, 0.1) is 13.2 Å². The van der Waals surface area contributed by atoms with Gasteiger partial charge in [-0.3, -0.25) is 0 Å². The molecule has 0 saturated heterocycles. The van der Waals surface area contributed by atoms with Crippen LogP contribution in [0.3, 0.4) is 0 Å². The highest BCUT2D eigenvalue weighted by atomic mass is 16.6. The van der Waals surface area contributed by atoms with Gasteiger partial charge in [-0.05, 0) is 40.1 Å². The van der Waals surface area contributed by atoms with Crippen LogP contribution in [-0.4, -0.2) is 19.2 Å². The van der Waals surface area contributed by atoms with Gasteiger partial charge in [-0.2, -0.15) is 0 Å². The molecule has 0 aliphatic rings. The molecule has 0 amide bonds. The summed E-state index contributed by atoms with van der Waals surface area (Å²) in [6.45, 7) is 6.52. The Hall–Kier alpha value is -2.65. The zero-order valence-corrected chi connectivity index (χ0v) is 13.7. The molecule has 0 radical (unpaired) electrons. The number of esters is 1. The maximum Gasteiger partial charge on any atom is 0.330 e. The zero-order valence-electron chi connectivity index (χ0n) is 13.7. The molecule has 0 fully saturated rings. The first-order valence-corrected chi connectivity index (χ1v) is 7.97. The number of hydrogen-bond donors (Lipinski definition) is 0. The third-order valence-corrected chi connectivity index (χ3v) is 4.02. The second-order valence-electron chi connectivity index (χ2n) is 5.73. The summed E-state index contributed by atoms with van der Waals surface area (Å²) in [6, 6.07) is 17.0. The lowest BCUT2D eigenvalue weighted by Crippen LogP contribution is -2.08. The molecule has 0 bridgehead atoms. The van der Waals surface area contributed by atoms with Crippen molar-refractivity contribution in [3.8, 4) is 0 Å². The number of hydrogen-bond acceptors (Lipinski definition) is 3. The summed E-state index contributed by atoms with van der Waals surface area (Å²) in [5.74, 6) is -0.426. The zero-order chi connectivity index (χ0) is 16.9. The summed E-state index contributed by atoms with van der Waals surface area (Å²) in [5.41, 5.74) is 2.39. The molecule has 122 valence electrons. The van der Waals surface area contributed by atoms with Gasteiger partial charge in [0.2, 0.25) is 0 Å². The Kier molecular flexibility index (Phi) is 4.92. The molecule has 0 spiro atoms. The third-order valence-electron chi connectivity index (χ3n) is 4.02. The predicted octanol–water partition coefficient (Wildman–Crippen LogP) is 4.55. The summed E-state index contributed by atoms with van der Waals surface area (Å²) in [4.78, 5) is 11.0. The molecule has 3 rings (SSSR count). The van der Waals surface area contributed by atoms with Crippen LogP contribution in [0, 0.1) is 6.92 Å². The van der Waals surface area contributed by atoms with E-state index >= 15 is 0 Å². The van der Waals surface area contributed by atoms with Crippen LogP contribution in [0.1, 0.15) is 11.1 Å². The molecule has 0 atom stereocenters. The van der Waals surface area contributed by atoms with E-state index in [2.05, 4.69) is 49.9 Å². The summed E-state index contributed by atoms with van der Waals surface area (Å²) < 4.78 is 10.7. The van der Waals surface area contributed by atoms with Crippen LogP contribution in [0.25, 0.3) is 21.5 Å². The number of benzene rings is 3. The predicted molar refractivity (Wildman–Crippen MR) is 97.0 cm³/mol. The molecule has 24 heavy (non-hydrogen) atoms. The van der Waals surface area contributed by atoms with Gasteiger partial charge in [-0.1, -0.05) is 54.6 Å². The van der Waals surface area contributed by atoms with E-state index in [0.717, 1.165) is 6.08 Å². The largest absolute Gasteiger partial charge is 0.460 e. The summed E-state index contributed by atoms with van der Waals surface area (Å²) in [5, 5.41) is 4.80. The van der Waals surface area contributed by atoms with Crippen LogP contribution in [0.4, 0.5) is 0 Å². The molecule has 0 aliphatic carbocycles. The number of fused-ring (bicyclic) bond motifs is 2. The monoisotopic (exact) mass is 320 g/mol. The van der Waals surface area contributed by atoms with Gasteiger partial charge in [0.25, 0.3) is 0 Å². The van der Waals surface area contributed by atoms with Gasteiger partial charge in [0, 0.05) is 6.08 Å². The Morgan fingerprint density at radius 1 is 1.04 bits per heavy atom. The second kappa shape index (κ2) is 7.28. The highest BCUT2D eigenvalue weighted by Crippen LogP contribution is 2.29. The molecule has 0 unspecified atom stereocenters. The fourth-order valence-corrected chi connectivity index (χ4v) is 2.86. The van der Waals surface area contributed by atoms with Crippen molar-refractivity contribution in [1.29, 1.82) is 0 Å². The lowest BCUT2D eigenvalue weighted by atomic mass is 9.96. The molecule has 0 aromatic heterocycles. The van der Waals surface area contributed by atoms with E-state index < -0.39 is 5.97 Å². The minimum Gasteiger partial charge on any atom is -0.460 e. The van der Waals surface area contributed by atoms with E-state index in [1.807, 2.05) is 12.1 Å². The number of carbonyl (C=O) groups excluding carboxylic acids is 1. The Balaban J connectivity index is 1.87. The molecule has 0 heterocycles. The van der Waals surface area contributed by atoms with E-state index in [9.17, 15) is 4.79 Å². The van der Waals surface area contributed by atoms with Crippen molar-refractivity contribution in [1.82, 2.24) is 0 Å².